The summed E-state index contributed by atoms with van der Waals surface area (Å²) in [6.45, 7) is 10.3. The van der Waals surface area contributed by atoms with E-state index in [1.807, 2.05) is 0 Å². The summed E-state index contributed by atoms with van der Waals surface area (Å²) >= 11 is 0. The molecule has 0 aliphatic rings. The van der Waals surface area contributed by atoms with Gasteiger partial charge in [-0.2, -0.15) is 0 Å². The van der Waals surface area contributed by atoms with E-state index in [1.165, 1.54) is 36.8 Å². The molecule has 2 unspecified atom stereocenters. The minimum atomic E-state index is -3.66. The largest absolute Gasteiger partial charge is 0.463 e. The fourth-order valence-corrected chi connectivity index (χ4v) is 3.50. The van der Waals surface area contributed by atoms with Gasteiger partial charge in [-0.05, 0) is 48.5 Å². The molecule has 7 heteroatoms. The van der Waals surface area contributed by atoms with E-state index in [0.29, 0.717) is 11.5 Å². The highest BCUT2D eigenvalue weighted by atomic mass is 32.2. The minimum Gasteiger partial charge on any atom is -0.463 e. The number of rotatable bonds is 10. The van der Waals surface area contributed by atoms with Gasteiger partial charge in [-0.25, -0.2) is 8.42 Å². The van der Waals surface area contributed by atoms with Crippen LogP contribution < -0.4 is 9.47 Å². The molecular formula is C20H22O6S. The molecule has 2 atom stereocenters. The highest BCUT2D eigenvalue weighted by Gasteiger charge is 2.18. The zero-order valence-electron chi connectivity index (χ0n) is 15.2. The van der Waals surface area contributed by atoms with E-state index in [0.717, 1.165) is 0 Å². The standard InChI is InChI=1S/C20H22O6S/c1-5-23-15(3)25-17-7-11-19(12-8-17)27(21,22)20-13-9-18(10-14-20)26-16(4)24-6-2/h5-16H,1-2H2,3-4H3. The van der Waals surface area contributed by atoms with Gasteiger partial charge in [-0.15, -0.1) is 0 Å². The maximum atomic E-state index is 12.7. The average Bonchev–Trinajstić information content (AvgIpc) is 2.63. The predicted octanol–water partition coefficient (Wildman–Crippen LogP) is 4.29. The Morgan fingerprint density at radius 1 is 0.741 bits per heavy atom. The number of hydrogen-bond acceptors (Lipinski definition) is 6. The van der Waals surface area contributed by atoms with Gasteiger partial charge in [0.2, 0.25) is 22.4 Å². The average molecular weight is 390 g/mol. The lowest BCUT2D eigenvalue weighted by Crippen LogP contribution is -2.13. The molecular weight excluding hydrogens is 368 g/mol. The number of benzene rings is 2. The van der Waals surface area contributed by atoms with Crippen molar-refractivity contribution in [2.24, 2.45) is 0 Å². The fraction of sp³-hybridized carbons (Fsp3) is 0.200. The van der Waals surface area contributed by atoms with Crippen LogP contribution in [-0.2, 0) is 19.3 Å². The first kappa shape index (κ1) is 20.4. The molecule has 0 aliphatic carbocycles. The highest BCUT2D eigenvalue weighted by molar-refractivity contribution is 7.91. The molecule has 0 aromatic heterocycles. The van der Waals surface area contributed by atoms with Crippen LogP contribution in [0.1, 0.15) is 13.8 Å². The van der Waals surface area contributed by atoms with Crippen molar-refractivity contribution < 1.29 is 27.4 Å². The molecule has 0 N–H and O–H groups in total. The monoisotopic (exact) mass is 390 g/mol. The molecule has 0 fully saturated rings. The quantitative estimate of drug-likeness (QED) is 0.445. The topological polar surface area (TPSA) is 71.1 Å². The number of ether oxygens (including phenoxy) is 4. The summed E-state index contributed by atoms with van der Waals surface area (Å²) in [5.41, 5.74) is 0. The summed E-state index contributed by atoms with van der Waals surface area (Å²) < 4.78 is 46.6. The lowest BCUT2D eigenvalue weighted by molar-refractivity contribution is -0.0135. The van der Waals surface area contributed by atoms with Crippen molar-refractivity contribution in [2.75, 3.05) is 0 Å². The molecule has 6 nitrogen and oxygen atoms in total. The van der Waals surface area contributed by atoms with Gasteiger partial charge in [0, 0.05) is 13.8 Å². The van der Waals surface area contributed by atoms with E-state index < -0.39 is 22.4 Å². The maximum absolute atomic E-state index is 12.7. The van der Waals surface area contributed by atoms with E-state index in [2.05, 4.69) is 13.2 Å². The SMILES string of the molecule is C=COC(C)Oc1ccc(S(=O)(=O)c2ccc(OC(C)OC=C)cc2)cc1. The van der Waals surface area contributed by atoms with Crippen molar-refractivity contribution in [1.82, 2.24) is 0 Å². The molecule has 0 aliphatic heterocycles. The molecule has 2 rings (SSSR count). The van der Waals surface area contributed by atoms with Crippen LogP contribution in [0.5, 0.6) is 11.5 Å². The Morgan fingerprint density at radius 3 is 1.37 bits per heavy atom. The molecule has 2 aromatic rings. The Kier molecular flexibility index (Phi) is 6.90. The van der Waals surface area contributed by atoms with Gasteiger partial charge in [-0.1, -0.05) is 13.2 Å². The van der Waals surface area contributed by atoms with Crippen LogP contribution in [0.2, 0.25) is 0 Å². The van der Waals surface area contributed by atoms with E-state index >= 15 is 0 Å². The van der Waals surface area contributed by atoms with Gasteiger partial charge in [-0.3, -0.25) is 0 Å². The molecule has 27 heavy (non-hydrogen) atoms. The zero-order chi connectivity index (χ0) is 19.9. The Balaban J connectivity index is 2.13. The van der Waals surface area contributed by atoms with Gasteiger partial charge in [0.15, 0.2) is 0 Å². The van der Waals surface area contributed by atoms with E-state index in [-0.39, 0.29) is 9.79 Å². The van der Waals surface area contributed by atoms with Gasteiger partial charge < -0.3 is 18.9 Å². The molecule has 0 saturated carbocycles. The van der Waals surface area contributed by atoms with Crippen molar-refractivity contribution in [2.45, 2.75) is 36.2 Å². The van der Waals surface area contributed by atoms with Crippen LogP contribution in [0.25, 0.3) is 0 Å². The Morgan fingerprint density at radius 2 is 1.07 bits per heavy atom. The smallest absolute Gasteiger partial charge is 0.237 e. The van der Waals surface area contributed by atoms with Gasteiger partial charge in [0.1, 0.15) is 11.5 Å². The van der Waals surface area contributed by atoms with Gasteiger partial charge >= 0.3 is 0 Å². The summed E-state index contributed by atoms with van der Waals surface area (Å²) in [6.07, 6.45) is 1.51. The van der Waals surface area contributed by atoms with Crippen LogP contribution in [-0.4, -0.2) is 21.0 Å². The number of sulfone groups is 1. The van der Waals surface area contributed by atoms with Crippen molar-refractivity contribution in [3.63, 3.8) is 0 Å². The molecule has 0 spiro atoms. The van der Waals surface area contributed by atoms with Crippen molar-refractivity contribution in [3.8, 4) is 11.5 Å². The highest BCUT2D eigenvalue weighted by Crippen LogP contribution is 2.25. The normalized spacial score (nSPS) is 13.1. The van der Waals surface area contributed by atoms with E-state index in [4.69, 9.17) is 18.9 Å². The van der Waals surface area contributed by atoms with Crippen molar-refractivity contribution in [1.29, 1.82) is 0 Å². The van der Waals surface area contributed by atoms with Gasteiger partial charge in [0.25, 0.3) is 0 Å². The fourth-order valence-electron chi connectivity index (χ4n) is 2.24. The molecule has 0 amide bonds. The third-order valence-corrected chi connectivity index (χ3v) is 5.23. The summed E-state index contributed by atoms with van der Waals surface area (Å²) in [6, 6.07) is 12.2. The molecule has 0 bridgehead atoms. The first-order valence-corrected chi connectivity index (χ1v) is 9.66. The summed E-state index contributed by atoms with van der Waals surface area (Å²) in [7, 11) is -3.66. The number of hydrogen-bond donors (Lipinski definition) is 0. The van der Waals surface area contributed by atoms with Crippen molar-refractivity contribution in [3.05, 3.63) is 74.2 Å². The third kappa shape index (κ3) is 5.52. The minimum absolute atomic E-state index is 0.157. The van der Waals surface area contributed by atoms with Crippen LogP contribution in [0.3, 0.4) is 0 Å². The lowest BCUT2D eigenvalue weighted by Gasteiger charge is -2.14. The molecule has 0 heterocycles. The molecule has 144 valence electrons. The first-order valence-electron chi connectivity index (χ1n) is 8.18. The first-order chi connectivity index (χ1) is 12.9. The Hall–Kier alpha value is -2.93. The van der Waals surface area contributed by atoms with E-state index in [1.54, 1.807) is 38.1 Å². The third-order valence-electron chi connectivity index (χ3n) is 3.45. The lowest BCUT2D eigenvalue weighted by atomic mass is 10.3. The van der Waals surface area contributed by atoms with Crippen molar-refractivity contribution >= 4 is 9.84 Å². The molecule has 0 radical (unpaired) electrons. The maximum Gasteiger partial charge on any atom is 0.237 e. The predicted molar refractivity (Wildman–Crippen MR) is 101 cm³/mol. The van der Waals surface area contributed by atoms with Gasteiger partial charge in [0.05, 0.1) is 22.3 Å². The Bertz CT molecular complexity index is 789. The Labute approximate surface area is 159 Å². The van der Waals surface area contributed by atoms with E-state index in [9.17, 15) is 8.42 Å². The van der Waals surface area contributed by atoms with Crippen LogP contribution in [0.15, 0.2) is 84.0 Å². The van der Waals surface area contributed by atoms with Crippen LogP contribution in [0.4, 0.5) is 0 Å². The molecule has 0 saturated heterocycles. The second-order valence-corrected chi connectivity index (χ2v) is 7.37. The summed E-state index contributed by atoms with van der Waals surface area (Å²) in [4.78, 5) is 0.313. The second kappa shape index (κ2) is 9.14. The molecule has 2 aromatic carbocycles. The summed E-state index contributed by atoms with van der Waals surface area (Å²) in [5.74, 6) is 0.978. The van der Waals surface area contributed by atoms with Crippen LogP contribution in [0, 0.1) is 0 Å². The summed E-state index contributed by atoms with van der Waals surface area (Å²) in [5, 5.41) is 0. The zero-order valence-corrected chi connectivity index (χ0v) is 16.0. The van der Waals surface area contributed by atoms with Crippen LogP contribution >= 0.6 is 0 Å². The second-order valence-electron chi connectivity index (χ2n) is 5.42.